The van der Waals surface area contributed by atoms with Gasteiger partial charge in [-0.1, -0.05) is 0 Å². The van der Waals surface area contributed by atoms with Crippen LogP contribution in [0.25, 0.3) is 6.08 Å². The van der Waals surface area contributed by atoms with Gasteiger partial charge in [0.05, 0.1) is 13.7 Å². The monoisotopic (exact) mass is 318 g/mol. The molecule has 0 fully saturated rings. The third kappa shape index (κ3) is 2.61. The molecule has 1 aromatic carbocycles. The van der Waals surface area contributed by atoms with Crippen LogP contribution >= 0.6 is 0 Å². The van der Waals surface area contributed by atoms with Crippen molar-refractivity contribution in [2.45, 2.75) is 18.9 Å². The molecule has 2 rings (SSSR count). The highest BCUT2D eigenvalue weighted by molar-refractivity contribution is 5.97. The predicted octanol–water partition coefficient (Wildman–Crippen LogP) is 2.29. The largest absolute Gasteiger partial charge is 0.497 e. The van der Waals surface area contributed by atoms with Crippen molar-refractivity contribution in [2.24, 2.45) is 0 Å². The number of fused-ring (bicyclic) bond motifs is 1. The van der Waals surface area contributed by atoms with Gasteiger partial charge in [0, 0.05) is 11.6 Å². The van der Waals surface area contributed by atoms with Crippen LogP contribution in [-0.4, -0.2) is 36.8 Å². The Morgan fingerprint density at radius 2 is 2.09 bits per heavy atom. The Hall–Kier alpha value is -2.22. The summed E-state index contributed by atoms with van der Waals surface area (Å²) >= 11 is 0. The number of carbonyl (C=O) groups is 1. The van der Waals surface area contributed by atoms with Crippen LogP contribution in [0.5, 0.6) is 11.5 Å². The van der Waals surface area contributed by atoms with Crippen molar-refractivity contribution in [3.05, 3.63) is 29.3 Å². The summed E-state index contributed by atoms with van der Waals surface area (Å²) in [6.45, 7) is 1.30. The number of carbonyl (C=O) groups excluding carboxylic acids is 1. The number of halogens is 3. The fraction of sp³-hybridized carbons (Fsp3) is 0.357. The molecular weight excluding hydrogens is 305 g/mol. The lowest BCUT2D eigenvalue weighted by atomic mass is 9.98. The maximum Gasteiger partial charge on any atom is 0.460 e. The maximum atomic E-state index is 13.2. The first-order valence-electron chi connectivity index (χ1n) is 6.28. The average Bonchev–Trinajstić information content (AvgIpc) is 2.44. The van der Waals surface area contributed by atoms with Gasteiger partial charge < -0.3 is 19.3 Å². The first-order valence-corrected chi connectivity index (χ1v) is 6.28. The van der Waals surface area contributed by atoms with Crippen molar-refractivity contribution in [1.82, 2.24) is 0 Å². The number of methoxy groups -OCH3 is 1. The topological polar surface area (TPSA) is 65.0 Å². The van der Waals surface area contributed by atoms with Gasteiger partial charge in [-0.2, -0.15) is 13.2 Å². The van der Waals surface area contributed by atoms with Crippen LogP contribution in [0.3, 0.4) is 0 Å². The summed E-state index contributed by atoms with van der Waals surface area (Å²) in [6, 6.07) is 4.08. The Balaban J connectivity index is 2.58. The van der Waals surface area contributed by atoms with Crippen molar-refractivity contribution in [2.75, 3.05) is 13.7 Å². The minimum atomic E-state index is -5.23. The van der Waals surface area contributed by atoms with Crippen LogP contribution in [-0.2, 0) is 9.53 Å². The van der Waals surface area contributed by atoms with Gasteiger partial charge in [0.15, 0.2) is 0 Å². The Kier molecular flexibility index (Phi) is 4.06. The Bertz CT molecular complexity index is 623. The summed E-state index contributed by atoms with van der Waals surface area (Å²) in [5, 5.41) is 9.92. The third-order valence-electron chi connectivity index (χ3n) is 3.02. The van der Waals surface area contributed by atoms with Crippen LogP contribution in [0, 0.1) is 0 Å². The molecule has 5 nitrogen and oxygen atoms in total. The standard InChI is InChI=1S/C14H13F3O5/c1-3-21-12(18)10-6-8-4-5-9(20-2)7-11(8)22-13(10,19)14(15,16)17/h4-7,19H,3H2,1-2H3. The summed E-state index contributed by atoms with van der Waals surface area (Å²) in [6.07, 6.45) is -4.34. The molecule has 1 N–H and O–H groups in total. The molecule has 1 aromatic rings. The molecule has 0 amide bonds. The molecule has 1 atom stereocenters. The normalized spacial score (nSPS) is 20.5. The lowest BCUT2D eigenvalue weighted by molar-refractivity contribution is -0.316. The van der Waals surface area contributed by atoms with E-state index in [1.54, 1.807) is 0 Å². The quantitative estimate of drug-likeness (QED) is 0.866. The predicted molar refractivity (Wildman–Crippen MR) is 69.2 cm³/mol. The van der Waals surface area contributed by atoms with Crippen LogP contribution in [0.1, 0.15) is 12.5 Å². The summed E-state index contributed by atoms with van der Waals surface area (Å²) in [7, 11) is 1.33. The van der Waals surface area contributed by atoms with Crippen molar-refractivity contribution in [3.8, 4) is 11.5 Å². The number of benzene rings is 1. The molecule has 0 saturated carbocycles. The van der Waals surface area contributed by atoms with E-state index >= 15 is 0 Å². The number of aliphatic hydroxyl groups is 1. The molecule has 1 heterocycles. The summed E-state index contributed by atoms with van der Waals surface area (Å²) < 4.78 is 53.7. The first-order chi connectivity index (χ1) is 10.2. The minimum absolute atomic E-state index is 0.139. The molecule has 22 heavy (non-hydrogen) atoms. The van der Waals surface area contributed by atoms with E-state index in [2.05, 4.69) is 9.47 Å². The Labute approximate surface area is 123 Å². The van der Waals surface area contributed by atoms with Crippen LogP contribution in [0.2, 0.25) is 0 Å². The van der Waals surface area contributed by atoms with Gasteiger partial charge in [-0.15, -0.1) is 0 Å². The van der Waals surface area contributed by atoms with E-state index in [1.807, 2.05) is 0 Å². The van der Waals surface area contributed by atoms with Gasteiger partial charge >= 0.3 is 17.9 Å². The lowest BCUT2D eigenvalue weighted by Gasteiger charge is -2.35. The van der Waals surface area contributed by atoms with E-state index in [1.165, 1.54) is 32.2 Å². The average molecular weight is 318 g/mol. The fourth-order valence-corrected chi connectivity index (χ4v) is 1.93. The zero-order valence-electron chi connectivity index (χ0n) is 11.7. The molecule has 0 aliphatic carbocycles. The molecule has 1 aliphatic rings. The van der Waals surface area contributed by atoms with E-state index in [9.17, 15) is 23.1 Å². The zero-order valence-corrected chi connectivity index (χ0v) is 11.7. The van der Waals surface area contributed by atoms with Gasteiger partial charge in [0.25, 0.3) is 0 Å². The van der Waals surface area contributed by atoms with Crippen molar-refractivity contribution in [3.63, 3.8) is 0 Å². The Morgan fingerprint density at radius 1 is 1.41 bits per heavy atom. The molecule has 0 bridgehead atoms. The second-order valence-electron chi connectivity index (χ2n) is 4.43. The molecule has 1 unspecified atom stereocenters. The van der Waals surface area contributed by atoms with Gasteiger partial charge in [0.1, 0.15) is 17.1 Å². The Morgan fingerprint density at radius 3 is 2.64 bits per heavy atom. The van der Waals surface area contributed by atoms with E-state index in [0.29, 0.717) is 0 Å². The summed E-state index contributed by atoms with van der Waals surface area (Å²) in [4.78, 5) is 11.7. The molecule has 120 valence electrons. The SMILES string of the molecule is CCOC(=O)C1=Cc2ccc(OC)cc2OC1(O)C(F)(F)F. The number of alkyl halides is 3. The van der Waals surface area contributed by atoms with Gasteiger partial charge in [-0.3, -0.25) is 0 Å². The molecule has 0 radical (unpaired) electrons. The number of hydrogen-bond acceptors (Lipinski definition) is 5. The van der Waals surface area contributed by atoms with E-state index in [-0.39, 0.29) is 23.7 Å². The van der Waals surface area contributed by atoms with E-state index in [0.717, 1.165) is 6.08 Å². The summed E-state index contributed by atoms with van der Waals surface area (Å²) in [5.74, 6) is -5.09. The molecule has 0 aromatic heterocycles. The number of esters is 1. The summed E-state index contributed by atoms with van der Waals surface area (Å²) in [5.41, 5.74) is -0.836. The van der Waals surface area contributed by atoms with Crippen molar-refractivity contribution in [1.29, 1.82) is 0 Å². The van der Waals surface area contributed by atoms with Gasteiger partial charge in [-0.05, 0) is 25.1 Å². The second-order valence-corrected chi connectivity index (χ2v) is 4.43. The highest BCUT2D eigenvalue weighted by Gasteiger charge is 2.63. The van der Waals surface area contributed by atoms with Gasteiger partial charge in [0.2, 0.25) is 0 Å². The molecule has 8 heteroatoms. The van der Waals surface area contributed by atoms with Crippen molar-refractivity contribution >= 4 is 12.0 Å². The molecule has 1 aliphatic heterocycles. The lowest BCUT2D eigenvalue weighted by Crippen LogP contribution is -2.55. The van der Waals surface area contributed by atoms with Crippen LogP contribution < -0.4 is 9.47 Å². The number of hydrogen-bond donors (Lipinski definition) is 1. The third-order valence-corrected chi connectivity index (χ3v) is 3.02. The minimum Gasteiger partial charge on any atom is -0.497 e. The van der Waals surface area contributed by atoms with Crippen LogP contribution in [0.4, 0.5) is 13.2 Å². The second kappa shape index (κ2) is 5.53. The van der Waals surface area contributed by atoms with Crippen molar-refractivity contribution < 1.29 is 37.3 Å². The number of rotatable bonds is 3. The number of ether oxygens (including phenoxy) is 3. The van der Waals surface area contributed by atoms with E-state index < -0.39 is 23.5 Å². The molecule has 0 spiro atoms. The van der Waals surface area contributed by atoms with Gasteiger partial charge in [-0.25, -0.2) is 4.79 Å². The molecular formula is C14H13F3O5. The maximum absolute atomic E-state index is 13.2. The van der Waals surface area contributed by atoms with E-state index in [4.69, 9.17) is 4.74 Å². The first kappa shape index (κ1) is 16.2. The smallest absolute Gasteiger partial charge is 0.460 e. The highest BCUT2D eigenvalue weighted by atomic mass is 19.4. The van der Waals surface area contributed by atoms with Crippen LogP contribution in [0.15, 0.2) is 23.8 Å². The zero-order chi connectivity index (χ0) is 16.5. The highest BCUT2D eigenvalue weighted by Crippen LogP contribution is 2.44. The fourth-order valence-electron chi connectivity index (χ4n) is 1.93. The molecule has 0 saturated heterocycles.